The zero-order chi connectivity index (χ0) is 9.26. The van der Waals surface area contributed by atoms with Gasteiger partial charge in [-0.05, 0) is 25.3 Å². The minimum Gasteiger partial charge on any atom is -0.326 e. The first-order valence-electron chi connectivity index (χ1n) is 4.73. The number of rotatable bonds is 2. The molecule has 2 rings (SSSR count). The van der Waals surface area contributed by atoms with Crippen LogP contribution >= 0.6 is 0 Å². The van der Waals surface area contributed by atoms with E-state index in [1.807, 2.05) is 16.8 Å². The first kappa shape index (κ1) is 8.51. The van der Waals surface area contributed by atoms with Crippen LogP contribution in [0, 0.1) is 0 Å². The van der Waals surface area contributed by atoms with E-state index in [-0.39, 0.29) is 5.56 Å². The predicted octanol–water partition coefficient (Wildman–Crippen LogP) is 1.03. The minimum atomic E-state index is 0.0923. The van der Waals surface area contributed by atoms with Crippen LogP contribution in [0.15, 0.2) is 23.1 Å². The number of pyridine rings is 1. The summed E-state index contributed by atoms with van der Waals surface area (Å²) < 4.78 is 1.83. The number of nitrogens with two attached hydrogens (primary N) is 1. The van der Waals surface area contributed by atoms with E-state index >= 15 is 0 Å². The fraction of sp³-hybridized carbons (Fsp3) is 0.500. The van der Waals surface area contributed by atoms with Gasteiger partial charge >= 0.3 is 0 Å². The molecule has 70 valence electrons. The molecule has 13 heavy (non-hydrogen) atoms. The van der Waals surface area contributed by atoms with Gasteiger partial charge in [-0.25, -0.2) is 0 Å². The lowest BCUT2D eigenvalue weighted by molar-refractivity contribution is 0.305. The van der Waals surface area contributed by atoms with Gasteiger partial charge in [-0.3, -0.25) is 4.79 Å². The summed E-state index contributed by atoms with van der Waals surface area (Å²) in [6, 6.07) is 4.14. The highest BCUT2D eigenvalue weighted by atomic mass is 16.1. The summed E-state index contributed by atoms with van der Waals surface area (Å²) in [6.45, 7) is 0.340. The molecular formula is C10H14N2O. The lowest BCUT2D eigenvalue weighted by Crippen LogP contribution is -2.31. The Morgan fingerprint density at radius 3 is 2.85 bits per heavy atom. The normalized spacial score (nSPS) is 17.0. The summed E-state index contributed by atoms with van der Waals surface area (Å²) in [4.78, 5) is 11.7. The minimum absolute atomic E-state index is 0.0923. The molecule has 3 nitrogen and oxygen atoms in total. The summed E-state index contributed by atoms with van der Waals surface area (Å²) in [6.07, 6.45) is 5.37. The van der Waals surface area contributed by atoms with Gasteiger partial charge in [0.15, 0.2) is 0 Å². The summed E-state index contributed by atoms with van der Waals surface area (Å²) in [5.41, 5.74) is 6.28. The number of nitrogens with zero attached hydrogens (tertiary/aromatic N) is 1. The molecule has 0 radical (unpaired) electrons. The molecule has 1 aromatic rings. The Bertz CT molecular complexity index is 352. The molecule has 0 bridgehead atoms. The lowest BCUT2D eigenvalue weighted by atomic mass is 9.92. The number of hydrogen-bond acceptors (Lipinski definition) is 2. The van der Waals surface area contributed by atoms with E-state index in [1.54, 1.807) is 6.07 Å². The second-order valence-corrected chi connectivity index (χ2v) is 3.53. The van der Waals surface area contributed by atoms with Crippen molar-refractivity contribution in [2.45, 2.75) is 31.8 Å². The third-order valence-electron chi connectivity index (χ3n) is 2.74. The average molecular weight is 178 g/mol. The lowest BCUT2D eigenvalue weighted by Gasteiger charge is -2.27. The molecule has 1 heterocycles. The fourth-order valence-corrected chi connectivity index (χ4v) is 1.66. The van der Waals surface area contributed by atoms with Crippen molar-refractivity contribution in [2.75, 3.05) is 0 Å². The fourth-order valence-electron chi connectivity index (χ4n) is 1.66. The van der Waals surface area contributed by atoms with Crippen molar-refractivity contribution < 1.29 is 0 Å². The van der Waals surface area contributed by atoms with Gasteiger partial charge in [0.2, 0.25) is 0 Å². The number of aromatic nitrogens is 1. The molecule has 0 saturated heterocycles. The van der Waals surface area contributed by atoms with Crippen LogP contribution in [0.25, 0.3) is 0 Å². The molecule has 1 fully saturated rings. The maximum absolute atomic E-state index is 11.7. The third kappa shape index (κ3) is 1.40. The largest absolute Gasteiger partial charge is 0.326 e. The van der Waals surface area contributed by atoms with Crippen molar-refractivity contribution in [1.82, 2.24) is 4.57 Å². The molecule has 0 unspecified atom stereocenters. The standard InChI is InChI=1S/C10H14N2O/c11-7-8-3-2-6-12(10(8)13)9-4-1-5-9/h2-3,6,9H,1,4-5,7,11H2. The van der Waals surface area contributed by atoms with E-state index in [1.165, 1.54) is 6.42 Å². The molecule has 0 aliphatic heterocycles. The topological polar surface area (TPSA) is 48.0 Å². The molecule has 0 aromatic carbocycles. The zero-order valence-corrected chi connectivity index (χ0v) is 7.57. The monoisotopic (exact) mass is 178 g/mol. The van der Waals surface area contributed by atoms with E-state index in [0.717, 1.165) is 18.4 Å². The van der Waals surface area contributed by atoms with Gasteiger partial charge in [0.25, 0.3) is 5.56 Å². The molecule has 0 spiro atoms. The molecule has 0 amide bonds. The quantitative estimate of drug-likeness (QED) is 0.735. The maximum Gasteiger partial charge on any atom is 0.255 e. The second kappa shape index (κ2) is 3.34. The highest BCUT2D eigenvalue weighted by Crippen LogP contribution is 2.29. The van der Waals surface area contributed by atoms with E-state index in [2.05, 4.69) is 0 Å². The van der Waals surface area contributed by atoms with Crippen molar-refractivity contribution in [1.29, 1.82) is 0 Å². The van der Waals surface area contributed by atoms with Crippen LogP contribution in [0.1, 0.15) is 30.9 Å². The summed E-state index contributed by atoms with van der Waals surface area (Å²) >= 11 is 0. The first-order chi connectivity index (χ1) is 6.33. The number of hydrogen-bond donors (Lipinski definition) is 1. The van der Waals surface area contributed by atoms with E-state index in [9.17, 15) is 4.79 Å². The predicted molar refractivity (Wildman–Crippen MR) is 51.5 cm³/mol. The van der Waals surface area contributed by atoms with Gasteiger partial charge in [0.1, 0.15) is 0 Å². The van der Waals surface area contributed by atoms with Crippen LogP contribution in [-0.2, 0) is 6.54 Å². The molecule has 3 heteroatoms. The van der Waals surface area contributed by atoms with E-state index in [4.69, 9.17) is 5.73 Å². The average Bonchev–Trinajstić information content (AvgIpc) is 2.05. The van der Waals surface area contributed by atoms with Gasteiger partial charge in [-0.1, -0.05) is 6.07 Å². The molecule has 0 atom stereocenters. The second-order valence-electron chi connectivity index (χ2n) is 3.53. The summed E-state index contributed by atoms with van der Waals surface area (Å²) in [5, 5.41) is 0. The Hall–Kier alpha value is -1.09. The Morgan fingerprint density at radius 1 is 1.54 bits per heavy atom. The van der Waals surface area contributed by atoms with Crippen LogP contribution in [0.4, 0.5) is 0 Å². The molecule has 1 saturated carbocycles. The van der Waals surface area contributed by atoms with Gasteiger partial charge in [-0.2, -0.15) is 0 Å². The van der Waals surface area contributed by atoms with Gasteiger partial charge < -0.3 is 10.3 Å². The summed E-state index contributed by atoms with van der Waals surface area (Å²) in [7, 11) is 0. The van der Waals surface area contributed by atoms with Crippen molar-refractivity contribution in [2.24, 2.45) is 5.73 Å². The van der Waals surface area contributed by atoms with Crippen LogP contribution in [0.2, 0.25) is 0 Å². The van der Waals surface area contributed by atoms with Gasteiger partial charge in [-0.15, -0.1) is 0 Å². The van der Waals surface area contributed by atoms with Crippen molar-refractivity contribution in [3.05, 3.63) is 34.2 Å². The van der Waals surface area contributed by atoms with Crippen LogP contribution < -0.4 is 11.3 Å². The van der Waals surface area contributed by atoms with Crippen molar-refractivity contribution in [3.63, 3.8) is 0 Å². The van der Waals surface area contributed by atoms with E-state index in [0.29, 0.717) is 12.6 Å². The molecular weight excluding hydrogens is 164 g/mol. The smallest absolute Gasteiger partial charge is 0.255 e. The van der Waals surface area contributed by atoms with Crippen molar-refractivity contribution >= 4 is 0 Å². The Morgan fingerprint density at radius 2 is 2.31 bits per heavy atom. The highest BCUT2D eigenvalue weighted by molar-refractivity contribution is 5.10. The SMILES string of the molecule is NCc1cccn(C2CCC2)c1=O. The first-order valence-corrected chi connectivity index (χ1v) is 4.73. The Labute approximate surface area is 77.2 Å². The Kier molecular flexibility index (Phi) is 2.19. The maximum atomic E-state index is 11.7. The van der Waals surface area contributed by atoms with Gasteiger partial charge in [0, 0.05) is 24.3 Å². The zero-order valence-electron chi connectivity index (χ0n) is 7.57. The van der Waals surface area contributed by atoms with Crippen LogP contribution in [0.3, 0.4) is 0 Å². The Balaban J connectivity index is 2.39. The molecule has 1 aliphatic carbocycles. The summed E-state index contributed by atoms with van der Waals surface area (Å²) in [5.74, 6) is 0. The van der Waals surface area contributed by atoms with Gasteiger partial charge in [0.05, 0.1) is 0 Å². The van der Waals surface area contributed by atoms with E-state index < -0.39 is 0 Å². The highest BCUT2D eigenvalue weighted by Gasteiger charge is 2.20. The van der Waals surface area contributed by atoms with Crippen LogP contribution in [-0.4, -0.2) is 4.57 Å². The third-order valence-corrected chi connectivity index (χ3v) is 2.74. The molecule has 1 aromatic heterocycles. The van der Waals surface area contributed by atoms with Crippen LogP contribution in [0.5, 0.6) is 0 Å². The van der Waals surface area contributed by atoms with Crippen molar-refractivity contribution in [3.8, 4) is 0 Å². The molecule has 2 N–H and O–H groups in total. The molecule has 1 aliphatic rings.